The summed E-state index contributed by atoms with van der Waals surface area (Å²) < 4.78 is 3.93. The summed E-state index contributed by atoms with van der Waals surface area (Å²) in [5, 5.41) is 9.15. The first-order chi connectivity index (χ1) is 20.5. The number of likely N-dealkylation sites (N-methyl/N-ethyl adjacent to an activating group) is 1. The molecule has 6 rings (SSSR count). The molecule has 4 heterocycles. The number of piperazine rings is 2. The van der Waals surface area contributed by atoms with E-state index >= 15 is 0 Å². The van der Waals surface area contributed by atoms with E-state index in [1.165, 1.54) is 5.56 Å². The SMILES string of the molecule is CN1CCN(CCn2ncc(-c3ccc(CN4CCN(CCn5cc(-c6ccccc6)c(N)n5)CC4)cc3)c2N)CC1. The van der Waals surface area contributed by atoms with Crippen LogP contribution in [0.25, 0.3) is 22.3 Å². The molecule has 2 aromatic heterocycles. The second kappa shape index (κ2) is 13.1. The van der Waals surface area contributed by atoms with Crippen molar-refractivity contribution >= 4 is 11.6 Å². The van der Waals surface area contributed by atoms with E-state index in [4.69, 9.17) is 11.5 Å². The summed E-state index contributed by atoms with van der Waals surface area (Å²) in [4.78, 5) is 9.93. The monoisotopic (exact) mass is 568 g/mol. The number of nitrogens with zero attached hydrogens (tertiary/aromatic N) is 8. The Morgan fingerprint density at radius 1 is 0.667 bits per heavy atom. The van der Waals surface area contributed by atoms with Crippen LogP contribution in [0.5, 0.6) is 0 Å². The predicted octanol–water partition coefficient (Wildman–Crippen LogP) is 2.64. The lowest BCUT2D eigenvalue weighted by Gasteiger charge is -2.34. The van der Waals surface area contributed by atoms with Crippen molar-refractivity contribution in [3.05, 3.63) is 72.6 Å². The minimum atomic E-state index is 0.592. The molecule has 2 aliphatic rings. The Morgan fingerprint density at radius 2 is 1.29 bits per heavy atom. The van der Waals surface area contributed by atoms with Crippen LogP contribution in [0.2, 0.25) is 0 Å². The van der Waals surface area contributed by atoms with Gasteiger partial charge in [0.25, 0.3) is 0 Å². The molecule has 10 nitrogen and oxygen atoms in total. The van der Waals surface area contributed by atoms with Crippen molar-refractivity contribution in [1.29, 1.82) is 0 Å². The maximum Gasteiger partial charge on any atom is 0.153 e. The van der Waals surface area contributed by atoms with Gasteiger partial charge in [0.05, 0.1) is 19.3 Å². The molecule has 2 fully saturated rings. The van der Waals surface area contributed by atoms with E-state index in [2.05, 4.69) is 79.4 Å². The highest BCUT2D eigenvalue weighted by atomic mass is 15.3. The number of aromatic nitrogens is 4. The molecule has 2 saturated heterocycles. The topological polar surface area (TPSA) is 101 Å². The van der Waals surface area contributed by atoms with Gasteiger partial charge in [0, 0.05) is 89.3 Å². The van der Waals surface area contributed by atoms with E-state index in [0.29, 0.717) is 5.82 Å². The molecule has 0 aliphatic carbocycles. The average Bonchev–Trinajstić information content (AvgIpc) is 3.58. The molecule has 0 atom stereocenters. The number of hydrogen-bond donors (Lipinski definition) is 2. The Hall–Kier alpha value is -3.70. The average molecular weight is 569 g/mol. The maximum absolute atomic E-state index is 6.52. The molecule has 0 unspecified atom stereocenters. The largest absolute Gasteiger partial charge is 0.383 e. The molecule has 42 heavy (non-hydrogen) atoms. The summed E-state index contributed by atoms with van der Waals surface area (Å²) in [6.07, 6.45) is 3.98. The third-order valence-electron chi connectivity index (χ3n) is 8.76. The van der Waals surface area contributed by atoms with E-state index in [1.807, 2.05) is 33.8 Å². The van der Waals surface area contributed by atoms with Crippen LogP contribution in [0.3, 0.4) is 0 Å². The van der Waals surface area contributed by atoms with Gasteiger partial charge in [-0.25, -0.2) is 4.68 Å². The van der Waals surface area contributed by atoms with Gasteiger partial charge in [-0.15, -0.1) is 0 Å². The van der Waals surface area contributed by atoms with Gasteiger partial charge in [0.15, 0.2) is 5.82 Å². The van der Waals surface area contributed by atoms with Gasteiger partial charge in [-0.2, -0.15) is 10.2 Å². The number of nitrogen functional groups attached to an aromatic ring is 2. The molecule has 2 aliphatic heterocycles. The molecule has 0 radical (unpaired) electrons. The molecular weight excluding hydrogens is 524 g/mol. The Balaban J connectivity index is 0.952. The number of benzene rings is 2. The molecule has 0 bridgehead atoms. The van der Waals surface area contributed by atoms with Crippen LogP contribution >= 0.6 is 0 Å². The first-order valence-corrected chi connectivity index (χ1v) is 15.2. The van der Waals surface area contributed by atoms with E-state index in [1.54, 1.807) is 0 Å². The van der Waals surface area contributed by atoms with Crippen LogP contribution in [-0.2, 0) is 19.6 Å². The van der Waals surface area contributed by atoms with Crippen LogP contribution in [-0.4, -0.2) is 112 Å². The third-order valence-corrected chi connectivity index (χ3v) is 8.76. The van der Waals surface area contributed by atoms with Crippen LogP contribution in [0.15, 0.2) is 67.0 Å². The second-order valence-electron chi connectivity index (χ2n) is 11.7. The lowest BCUT2D eigenvalue weighted by Crippen LogP contribution is -2.46. The molecule has 0 saturated carbocycles. The van der Waals surface area contributed by atoms with Gasteiger partial charge in [-0.3, -0.25) is 19.4 Å². The fourth-order valence-corrected chi connectivity index (χ4v) is 5.96. The molecule has 0 amide bonds. The Morgan fingerprint density at radius 3 is 2.00 bits per heavy atom. The summed E-state index contributed by atoms with van der Waals surface area (Å²) in [6, 6.07) is 19.1. The normalized spacial score (nSPS) is 17.6. The summed E-state index contributed by atoms with van der Waals surface area (Å²) in [7, 11) is 2.19. The summed E-state index contributed by atoms with van der Waals surface area (Å²) in [5.74, 6) is 1.34. The Bertz CT molecular complexity index is 1410. The number of nitrogens with two attached hydrogens (primary N) is 2. The molecule has 0 spiro atoms. The summed E-state index contributed by atoms with van der Waals surface area (Å²) in [5.41, 5.74) is 18.3. The Kier molecular flexibility index (Phi) is 8.85. The standard InChI is InChI=1S/C32H44N10/c1-37-11-13-38(14-12-37)20-22-42-32(34)29(23-35-42)28-9-7-26(8-10-28)24-40-17-15-39(16-18-40)19-21-41-25-30(31(33)36-41)27-5-3-2-4-6-27/h2-10,23,25H,11-22,24,34H2,1H3,(H2,33,36). The number of anilines is 2. The quantitative estimate of drug-likeness (QED) is 0.301. The van der Waals surface area contributed by atoms with Crippen LogP contribution < -0.4 is 11.5 Å². The summed E-state index contributed by atoms with van der Waals surface area (Å²) in [6.45, 7) is 13.3. The van der Waals surface area contributed by atoms with Crippen LogP contribution in [0, 0.1) is 0 Å². The lowest BCUT2D eigenvalue weighted by molar-refractivity contribution is 0.123. The zero-order chi connectivity index (χ0) is 28.9. The molecule has 2 aromatic carbocycles. The highest BCUT2D eigenvalue weighted by molar-refractivity contribution is 5.74. The van der Waals surface area contributed by atoms with E-state index in [-0.39, 0.29) is 0 Å². The minimum absolute atomic E-state index is 0.592. The maximum atomic E-state index is 6.52. The fourth-order valence-electron chi connectivity index (χ4n) is 5.96. The van der Waals surface area contributed by atoms with Crippen molar-refractivity contribution in [2.24, 2.45) is 0 Å². The smallest absolute Gasteiger partial charge is 0.153 e. The Labute approximate surface area is 249 Å². The third kappa shape index (κ3) is 6.84. The zero-order valence-corrected chi connectivity index (χ0v) is 24.8. The summed E-state index contributed by atoms with van der Waals surface area (Å²) >= 11 is 0. The van der Waals surface area contributed by atoms with Gasteiger partial charge in [-0.05, 0) is 23.7 Å². The van der Waals surface area contributed by atoms with Crippen molar-refractivity contribution in [2.45, 2.75) is 19.6 Å². The van der Waals surface area contributed by atoms with E-state index < -0.39 is 0 Å². The molecule has 4 aromatic rings. The lowest BCUT2D eigenvalue weighted by atomic mass is 10.1. The minimum Gasteiger partial charge on any atom is -0.383 e. The van der Waals surface area contributed by atoms with E-state index in [9.17, 15) is 0 Å². The van der Waals surface area contributed by atoms with Crippen molar-refractivity contribution in [2.75, 3.05) is 84.0 Å². The van der Waals surface area contributed by atoms with E-state index in [0.717, 1.165) is 113 Å². The fraction of sp³-hybridized carbons (Fsp3) is 0.438. The van der Waals surface area contributed by atoms with Crippen LogP contribution in [0.4, 0.5) is 11.6 Å². The van der Waals surface area contributed by atoms with Gasteiger partial charge < -0.3 is 16.4 Å². The van der Waals surface area contributed by atoms with Gasteiger partial charge in [0.1, 0.15) is 5.82 Å². The van der Waals surface area contributed by atoms with Crippen molar-refractivity contribution in [1.82, 2.24) is 39.2 Å². The molecule has 10 heteroatoms. The number of rotatable bonds is 10. The predicted molar refractivity (Wildman–Crippen MR) is 170 cm³/mol. The second-order valence-corrected chi connectivity index (χ2v) is 11.7. The first-order valence-electron chi connectivity index (χ1n) is 15.2. The van der Waals surface area contributed by atoms with Crippen molar-refractivity contribution in [3.63, 3.8) is 0 Å². The van der Waals surface area contributed by atoms with Crippen molar-refractivity contribution < 1.29 is 0 Å². The molecule has 4 N–H and O–H groups in total. The first kappa shape index (κ1) is 28.4. The molecular formula is C32H44N10. The van der Waals surface area contributed by atoms with Gasteiger partial charge in [-0.1, -0.05) is 54.6 Å². The number of hydrogen-bond acceptors (Lipinski definition) is 8. The molecule has 222 valence electrons. The van der Waals surface area contributed by atoms with Gasteiger partial charge >= 0.3 is 0 Å². The highest BCUT2D eigenvalue weighted by Gasteiger charge is 2.18. The highest BCUT2D eigenvalue weighted by Crippen LogP contribution is 2.27. The van der Waals surface area contributed by atoms with Gasteiger partial charge in [0.2, 0.25) is 0 Å². The zero-order valence-electron chi connectivity index (χ0n) is 24.8. The van der Waals surface area contributed by atoms with Crippen LogP contribution in [0.1, 0.15) is 5.56 Å². The van der Waals surface area contributed by atoms with Crippen molar-refractivity contribution in [3.8, 4) is 22.3 Å².